The molecule has 1 heterocycles. The average molecular weight is 514 g/mol. The van der Waals surface area contributed by atoms with Gasteiger partial charge in [-0.1, -0.05) is 115 Å². The maximum atomic E-state index is 6.20. The fourth-order valence-electron chi connectivity index (χ4n) is 5.31. The van der Waals surface area contributed by atoms with Gasteiger partial charge in [-0.3, -0.25) is 0 Å². The van der Waals surface area contributed by atoms with E-state index in [2.05, 4.69) is 150 Å². The molecule has 0 radical (unpaired) electrons. The molecule has 0 saturated heterocycles. The van der Waals surface area contributed by atoms with Gasteiger partial charge in [0.05, 0.1) is 0 Å². The van der Waals surface area contributed by atoms with Crippen LogP contribution >= 0.6 is 0 Å². The van der Waals surface area contributed by atoms with Crippen molar-refractivity contribution < 1.29 is 4.42 Å². The Morgan fingerprint density at radius 1 is 0.375 bits per heavy atom. The van der Waals surface area contributed by atoms with E-state index in [1.165, 1.54) is 11.1 Å². The lowest BCUT2D eigenvalue weighted by Crippen LogP contribution is -2.09. The molecule has 0 saturated carbocycles. The molecule has 2 nitrogen and oxygen atoms in total. The molecule has 0 atom stereocenters. The Balaban J connectivity index is 1.19. The summed E-state index contributed by atoms with van der Waals surface area (Å²) < 4.78 is 6.20. The predicted octanol–water partition coefficient (Wildman–Crippen LogP) is 10.9. The van der Waals surface area contributed by atoms with Crippen molar-refractivity contribution in [2.24, 2.45) is 0 Å². The summed E-state index contributed by atoms with van der Waals surface area (Å²) in [5, 5.41) is 1.11. The van der Waals surface area contributed by atoms with Crippen LogP contribution in [0.15, 0.2) is 168 Å². The minimum atomic E-state index is 0.887. The number of para-hydroxylation sites is 3. The second-order valence-corrected chi connectivity index (χ2v) is 9.82. The fourth-order valence-corrected chi connectivity index (χ4v) is 5.31. The molecular formula is C38H27NO. The molecule has 0 bridgehead atoms. The summed E-state index contributed by atoms with van der Waals surface area (Å²) in [7, 11) is 0. The molecular weight excluding hydrogens is 486 g/mol. The van der Waals surface area contributed by atoms with Gasteiger partial charge in [0.2, 0.25) is 0 Å². The maximum Gasteiger partial charge on any atom is 0.136 e. The van der Waals surface area contributed by atoms with E-state index in [1.807, 2.05) is 18.2 Å². The quantitative estimate of drug-likeness (QED) is 0.220. The Bertz CT molecular complexity index is 1800. The van der Waals surface area contributed by atoms with Crippen LogP contribution in [0.5, 0.6) is 0 Å². The van der Waals surface area contributed by atoms with Crippen molar-refractivity contribution in [3.8, 4) is 33.6 Å². The second kappa shape index (κ2) is 10.4. The number of hydrogen-bond acceptors (Lipinski definition) is 2. The zero-order valence-corrected chi connectivity index (χ0v) is 21.9. The number of fused-ring (bicyclic) bond motifs is 1. The largest absolute Gasteiger partial charge is 0.456 e. The van der Waals surface area contributed by atoms with Gasteiger partial charge in [-0.25, -0.2) is 0 Å². The van der Waals surface area contributed by atoms with Crippen molar-refractivity contribution in [2.45, 2.75) is 0 Å². The van der Waals surface area contributed by atoms with Crippen LogP contribution < -0.4 is 4.90 Å². The van der Waals surface area contributed by atoms with Gasteiger partial charge in [0, 0.05) is 28.0 Å². The van der Waals surface area contributed by atoms with Crippen molar-refractivity contribution in [1.29, 1.82) is 0 Å². The molecule has 7 rings (SSSR count). The van der Waals surface area contributed by atoms with Crippen LogP contribution in [0, 0.1) is 0 Å². The van der Waals surface area contributed by atoms with Crippen molar-refractivity contribution in [3.63, 3.8) is 0 Å². The standard InChI is InChI=1S/C38H27NO/c1-3-12-32(13-4-1)39(33-14-5-2-6-15-33)34-25-23-29(24-26-34)28-19-21-30(22-20-28)35-16-8-9-17-36(35)38-27-31-11-7-10-18-37(31)40-38/h1-27H. The average Bonchev–Trinajstić information content (AvgIpc) is 3.47. The monoisotopic (exact) mass is 513 g/mol. The van der Waals surface area contributed by atoms with Gasteiger partial charge in [0.1, 0.15) is 11.3 Å². The molecule has 0 N–H and O–H groups in total. The third kappa shape index (κ3) is 4.57. The number of furan rings is 1. The second-order valence-electron chi connectivity index (χ2n) is 9.82. The minimum Gasteiger partial charge on any atom is -0.456 e. The predicted molar refractivity (Wildman–Crippen MR) is 167 cm³/mol. The zero-order chi connectivity index (χ0) is 26.7. The molecule has 7 aromatic rings. The SMILES string of the molecule is c1ccc(N(c2ccccc2)c2ccc(-c3ccc(-c4ccccc4-c4cc5ccccc5o4)cc3)cc2)cc1. The number of rotatable bonds is 6. The lowest BCUT2D eigenvalue weighted by atomic mass is 9.96. The van der Waals surface area contributed by atoms with Gasteiger partial charge in [0.25, 0.3) is 0 Å². The highest BCUT2D eigenvalue weighted by molar-refractivity contribution is 5.88. The molecule has 2 heteroatoms. The summed E-state index contributed by atoms with van der Waals surface area (Å²) in [6.45, 7) is 0. The van der Waals surface area contributed by atoms with Gasteiger partial charge in [-0.2, -0.15) is 0 Å². The van der Waals surface area contributed by atoms with Crippen molar-refractivity contribution >= 4 is 28.0 Å². The smallest absolute Gasteiger partial charge is 0.136 e. The zero-order valence-electron chi connectivity index (χ0n) is 21.9. The Labute approximate surface area is 234 Å². The molecule has 190 valence electrons. The van der Waals surface area contributed by atoms with Crippen LogP contribution in [-0.2, 0) is 0 Å². The van der Waals surface area contributed by atoms with Crippen molar-refractivity contribution in [1.82, 2.24) is 0 Å². The summed E-state index contributed by atoms with van der Waals surface area (Å²) in [6.07, 6.45) is 0. The summed E-state index contributed by atoms with van der Waals surface area (Å²) in [5.41, 5.74) is 10.1. The summed E-state index contributed by atoms with van der Waals surface area (Å²) >= 11 is 0. The first-order valence-corrected chi connectivity index (χ1v) is 13.5. The minimum absolute atomic E-state index is 0.887. The van der Waals surface area contributed by atoms with Crippen LogP contribution in [0.4, 0.5) is 17.1 Å². The lowest BCUT2D eigenvalue weighted by molar-refractivity contribution is 0.632. The lowest BCUT2D eigenvalue weighted by Gasteiger charge is -2.25. The van der Waals surface area contributed by atoms with E-state index < -0.39 is 0 Å². The summed E-state index contributed by atoms with van der Waals surface area (Å²) in [6, 6.07) is 57.3. The summed E-state index contributed by atoms with van der Waals surface area (Å²) in [5.74, 6) is 0.887. The molecule has 6 aromatic carbocycles. The highest BCUT2D eigenvalue weighted by Crippen LogP contribution is 2.37. The molecule has 0 aliphatic rings. The first-order valence-electron chi connectivity index (χ1n) is 13.5. The van der Waals surface area contributed by atoms with Gasteiger partial charge >= 0.3 is 0 Å². The highest BCUT2D eigenvalue weighted by Gasteiger charge is 2.14. The van der Waals surface area contributed by atoms with E-state index in [9.17, 15) is 0 Å². The third-order valence-corrected chi connectivity index (χ3v) is 7.30. The summed E-state index contributed by atoms with van der Waals surface area (Å²) in [4.78, 5) is 2.28. The third-order valence-electron chi connectivity index (χ3n) is 7.30. The molecule has 0 spiro atoms. The van der Waals surface area contributed by atoms with E-state index in [4.69, 9.17) is 4.42 Å². The Morgan fingerprint density at radius 2 is 0.850 bits per heavy atom. The fraction of sp³-hybridized carbons (Fsp3) is 0. The highest BCUT2D eigenvalue weighted by atomic mass is 16.3. The molecule has 1 aromatic heterocycles. The number of hydrogen-bond donors (Lipinski definition) is 0. The van der Waals surface area contributed by atoms with Crippen LogP contribution in [0.2, 0.25) is 0 Å². The topological polar surface area (TPSA) is 16.4 Å². The van der Waals surface area contributed by atoms with Gasteiger partial charge in [-0.15, -0.1) is 0 Å². The normalized spacial score (nSPS) is 11.0. The van der Waals surface area contributed by atoms with Crippen LogP contribution in [-0.4, -0.2) is 0 Å². The van der Waals surface area contributed by atoms with Gasteiger partial charge in [-0.05, 0) is 70.8 Å². The molecule has 0 aliphatic heterocycles. The Hall–Kier alpha value is -5.34. The van der Waals surface area contributed by atoms with Crippen LogP contribution in [0.25, 0.3) is 44.5 Å². The van der Waals surface area contributed by atoms with Crippen LogP contribution in [0.3, 0.4) is 0 Å². The molecule has 40 heavy (non-hydrogen) atoms. The Morgan fingerprint density at radius 3 is 1.48 bits per heavy atom. The Kier molecular flexibility index (Phi) is 6.20. The first-order chi connectivity index (χ1) is 19.8. The van der Waals surface area contributed by atoms with E-state index in [1.54, 1.807) is 0 Å². The van der Waals surface area contributed by atoms with Gasteiger partial charge < -0.3 is 9.32 Å². The van der Waals surface area contributed by atoms with Gasteiger partial charge in [0.15, 0.2) is 0 Å². The molecule has 0 fully saturated rings. The van der Waals surface area contributed by atoms with E-state index in [0.29, 0.717) is 0 Å². The number of anilines is 3. The molecule has 0 amide bonds. The maximum absolute atomic E-state index is 6.20. The number of nitrogens with zero attached hydrogens (tertiary/aromatic N) is 1. The molecule has 0 aliphatic carbocycles. The van der Waals surface area contributed by atoms with E-state index in [-0.39, 0.29) is 0 Å². The molecule has 0 unspecified atom stereocenters. The van der Waals surface area contributed by atoms with E-state index in [0.717, 1.165) is 50.5 Å². The number of benzene rings is 6. The van der Waals surface area contributed by atoms with Crippen molar-refractivity contribution in [2.75, 3.05) is 4.90 Å². The van der Waals surface area contributed by atoms with Crippen LogP contribution in [0.1, 0.15) is 0 Å². The van der Waals surface area contributed by atoms with Crippen molar-refractivity contribution in [3.05, 3.63) is 164 Å². The van der Waals surface area contributed by atoms with E-state index >= 15 is 0 Å². The first kappa shape index (κ1) is 23.8.